The Morgan fingerprint density at radius 2 is 1.55 bits per heavy atom. The number of aromatic nitrogens is 1. The Labute approximate surface area is 330 Å². The molecule has 0 radical (unpaired) electrons. The van der Waals surface area contributed by atoms with Crippen molar-refractivity contribution in [2.75, 3.05) is 11.1 Å². The number of carbonyl (C=O) groups excluding carboxylic acids is 3. The van der Waals surface area contributed by atoms with Gasteiger partial charge in [-0.2, -0.15) is 8.42 Å². The molecule has 2 saturated carbocycles. The number of thioether (sulfide) groups is 1. The molecule has 2 amide bonds. The second-order valence-electron chi connectivity index (χ2n) is 16.8. The lowest BCUT2D eigenvalue weighted by Crippen LogP contribution is -2.54. The number of H-pyrrole nitrogens is 1. The normalized spacial score (nSPS) is 33.5. The molecular weight excluding hydrogens is 745 g/mol. The van der Waals surface area contributed by atoms with Crippen LogP contribution in [0.15, 0.2) is 21.8 Å². The molecular formula is C40H60N4O9S2. The predicted molar refractivity (Wildman–Crippen MR) is 215 cm³/mol. The standard InChI is InChI=1S/C40H60N4O9S2/c1-11-40(32(12-13-54-40)55(48,49)50)39(47)44-37-33(38(46)52-34-22(4)14-20(2)15-23(34)5)27(9)31(43-37)18-30-26(8)29(36(42-30)41-28(10)45)19-51-53-35-24(6)16-21(3)17-25(35)7/h18,20-25,32,34-35,42H,11-17,19H2,1-10H3,(H,41,45)(H,43,44,47)(H,48,49,50)/b31-18-. The summed E-state index contributed by atoms with van der Waals surface area (Å²) in [6.07, 6.45) is 5.50. The molecule has 1 aromatic heterocycles. The monoisotopic (exact) mass is 804 g/mol. The number of nitrogens with one attached hydrogen (secondary N) is 3. The number of esters is 1. The minimum absolute atomic E-state index is 0.0501. The minimum Gasteiger partial charge on any atom is -0.458 e. The minimum atomic E-state index is -4.56. The summed E-state index contributed by atoms with van der Waals surface area (Å²) in [6.45, 7) is 19.7. The number of hydrogen-bond acceptors (Lipinski definition) is 10. The summed E-state index contributed by atoms with van der Waals surface area (Å²) in [6, 6.07) is 0. The van der Waals surface area contributed by atoms with Gasteiger partial charge >= 0.3 is 5.97 Å². The topological polar surface area (TPSA) is 185 Å². The van der Waals surface area contributed by atoms with Gasteiger partial charge in [-0.15, -0.1) is 11.8 Å². The zero-order chi connectivity index (χ0) is 40.6. The van der Waals surface area contributed by atoms with Crippen LogP contribution in [0.1, 0.15) is 118 Å². The largest absolute Gasteiger partial charge is 0.458 e. The summed E-state index contributed by atoms with van der Waals surface area (Å²) >= 11 is 1.17. The van der Waals surface area contributed by atoms with Gasteiger partial charge in [0.05, 0.1) is 11.8 Å². The number of hydrogen-bond donors (Lipinski definition) is 4. The van der Waals surface area contributed by atoms with E-state index in [0.717, 1.165) is 31.2 Å². The van der Waals surface area contributed by atoms with E-state index in [-0.39, 0.29) is 60.8 Å². The van der Waals surface area contributed by atoms with Gasteiger partial charge in [-0.05, 0) is 111 Å². The van der Waals surface area contributed by atoms with E-state index >= 15 is 0 Å². The van der Waals surface area contributed by atoms with E-state index in [1.807, 2.05) is 6.92 Å². The van der Waals surface area contributed by atoms with E-state index < -0.39 is 32.0 Å². The van der Waals surface area contributed by atoms with Crippen molar-refractivity contribution in [2.24, 2.45) is 40.5 Å². The number of aromatic amines is 1. The Hall–Kier alpha value is -2.98. The third-order valence-corrected chi connectivity index (χ3v) is 15.4. The molecule has 6 unspecified atom stereocenters. The summed E-state index contributed by atoms with van der Waals surface area (Å²) in [7, 11) is -4.56. The quantitative estimate of drug-likeness (QED) is 0.0776. The van der Waals surface area contributed by atoms with Crippen molar-refractivity contribution < 1.29 is 41.9 Å². The Balaban J connectivity index is 1.49. The number of amides is 2. The number of ether oxygens (including phenoxy) is 1. The Morgan fingerprint density at radius 1 is 0.964 bits per heavy atom. The molecule has 0 spiro atoms. The molecule has 6 atom stereocenters. The highest BCUT2D eigenvalue weighted by molar-refractivity contribution is 8.03. The number of nitrogens with zero attached hydrogens (tertiary/aromatic N) is 1. The molecule has 4 N–H and O–H groups in total. The van der Waals surface area contributed by atoms with Crippen molar-refractivity contribution in [3.63, 3.8) is 0 Å². The fraction of sp³-hybridized carbons (Fsp3) is 0.700. The van der Waals surface area contributed by atoms with Crippen LogP contribution in [0.3, 0.4) is 0 Å². The van der Waals surface area contributed by atoms with Gasteiger partial charge in [0.1, 0.15) is 39.9 Å². The average Bonchev–Trinajstić information content (AvgIpc) is 3.74. The van der Waals surface area contributed by atoms with Crippen LogP contribution in [-0.4, -0.2) is 69.5 Å². The van der Waals surface area contributed by atoms with Gasteiger partial charge in [0, 0.05) is 18.2 Å². The van der Waals surface area contributed by atoms with Crippen LogP contribution in [-0.2, 0) is 45.6 Å². The van der Waals surface area contributed by atoms with Crippen molar-refractivity contribution in [1.29, 1.82) is 0 Å². The molecule has 4 aliphatic rings. The average molecular weight is 805 g/mol. The van der Waals surface area contributed by atoms with Gasteiger partial charge in [0.25, 0.3) is 10.1 Å². The zero-order valence-corrected chi connectivity index (χ0v) is 35.5. The molecule has 3 heterocycles. The SMILES string of the molecule is CCC1(C(=O)NC2=N/C(=C\c3[nH]c(NC(C)=O)c(COOC4C(C)CC(C)CC4C)c3C)C(C)=C2C(=O)OC2C(C)CC(C)CC2C)SCCC1S(=O)(=O)O. The highest BCUT2D eigenvalue weighted by Crippen LogP contribution is 2.45. The molecule has 1 aromatic rings. The molecule has 2 aliphatic carbocycles. The molecule has 3 fully saturated rings. The van der Waals surface area contributed by atoms with Gasteiger partial charge in [0.15, 0.2) is 0 Å². The maximum Gasteiger partial charge on any atom is 0.342 e. The summed E-state index contributed by atoms with van der Waals surface area (Å²) in [5, 5.41) is 4.33. The third kappa shape index (κ3) is 9.27. The van der Waals surface area contributed by atoms with E-state index in [4.69, 9.17) is 19.5 Å². The summed E-state index contributed by atoms with van der Waals surface area (Å²) in [5.41, 5.74) is 2.90. The molecule has 13 nitrogen and oxygen atoms in total. The summed E-state index contributed by atoms with van der Waals surface area (Å²) < 4.78 is 39.7. The summed E-state index contributed by atoms with van der Waals surface area (Å²) in [5.74, 6) is 1.19. The first-order valence-corrected chi connectivity index (χ1v) is 22.2. The molecule has 0 aromatic carbocycles. The van der Waals surface area contributed by atoms with Crippen LogP contribution in [0.5, 0.6) is 0 Å². The smallest absolute Gasteiger partial charge is 0.342 e. The fourth-order valence-corrected chi connectivity index (χ4v) is 12.9. The van der Waals surface area contributed by atoms with E-state index in [0.29, 0.717) is 57.8 Å². The Kier molecular flexibility index (Phi) is 13.5. The number of rotatable bonds is 11. The number of allylic oxidation sites excluding steroid dienone is 1. The molecule has 55 heavy (non-hydrogen) atoms. The number of anilines is 1. The van der Waals surface area contributed by atoms with Crippen LogP contribution in [0.2, 0.25) is 0 Å². The Morgan fingerprint density at radius 3 is 2.09 bits per heavy atom. The van der Waals surface area contributed by atoms with E-state index in [1.165, 1.54) is 18.7 Å². The van der Waals surface area contributed by atoms with Crippen molar-refractivity contribution >= 4 is 57.4 Å². The zero-order valence-electron chi connectivity index (χ0n) is 33.9. The molecule has 2 aliphatic heterocycles. The van der Waals surface area contributed by atoms with Crippen LogP contribution in [0, 0.1) is 42.4 Å². The lowest BCUT2D eigenvalue weighted by atomic mass is 9.75. The van der Waals surface area contributed by atoms with E-state index in [2.05, 4.69) is 57.2 Å². The highest BCUT2D eigenvalue weighted by atomic mass is 32.2. The van der Waals surface area contributed by atoms with Crippen LogP contribution in [0.25, 0.3) is 6.08 Å². The first kappa shape index (κ1) is 43.1. The van der Waals surface area contributed by atoms with Crippen molar-refractivity contribution in [1.82, 2.24) is 10.3 Å². The maximum absolute atomic E-state index is 14.2. The summed E-state index contributed by atoms with van der Waals surface area (Å²) in [4.78, 5) is 60.4. The van der Waals surface area contributed by atoms with Crippen molar-refractivity contribution in [2.45, 2.75) is 137 Å². The fourth-order valence-electron chi connectivity index (χ4n) is 9.59. The van der Waals surface area contributed by atoms with Gasteiger partial charge in [-0.25, -0.2) is 19.6 Å². The van der Waals surface area contributed by atoms with E-state index in [9.17, 15) is 27.4 Å². The van der Waals surface area contributed by atoms with Crippen molar-refractivity contribution in [3.8, 4) is 0 Å². The lowest BCUT2D eigenvalue weighted by Gasteiger charge is -2.37. The van der Waals surface area contributed by atoms with Crippen molar-refractivity contribution in [3.05, 3.63) is 33.7 Å². The number of carbonyl (C=O) groups is 3. The number of aliphatic imine (C=N–C) groups is 1. The first-order chi connectivity index (χ1) is 25.8. The van der Waals surface area contributed by atoms with E-state index in [1.54, 1.807) is 19.9 Å². The lowest BCUT2D eigenvalue weighted by molar-refractivity contribution is -0.354. The van der Waals surface area contributed by atoms with Crippen LogP contribution in [0.4, 0.5) is 5.82 Å². The predicted octanol–water partition coefficient (Wildman–Crippen LogP) is 7.14. The van der Waals surface area contributed by atoms with Gasteiger partial charge < -0.3 is 20.4 Å². The maximum atomic E-state index is 14.2. The third-order valence-electron chi connectivity index (χ3n) is 12.2. The molecule has 1 saturated heterocycles. The van der Waals surface area contributed by atoms with Crippen LogP contribution < -0.4 is 10.6 Å². The second kappa shape index (κ2) is 17.3. The van der Waals surface area contributed by atoms with Gasteiger partial charge in [-0.1, -0.05) is 48.5 Å². The van der Waals surface area contributed by atoms with Gasteiger partial charge in [0.2, 0.25) is 11.8 Å². The Bertz CT molecular complexity index is 1830. The second-order valence-corrected chi connectivity index (χ2v) is 19.8. The molecule has 0 bridgehead atoms. The van der Waals surface area contributed by atoms with Gasteiger partial charge in [-0.3, -0.25) is 14.1 Å². The molecule has 5 rings (SSSR count). The first-order valence-electron chi connectivity index (χ1n) is 19.7. The van der Waals surface area contributed by atoms with Crippen LogP contribution >= 0.6 is 11.8 Å². The number of amidine groups is 1. The molecule has 15 heteroatoms. The highest BCUT2D eigenvalue weighted by Gasteiger charge is 2.55. The molecule has 306 valence electrons.